The van der Waals surface area contributed by atoms with Crippen molar-refractivity contribution in [3.63, 3.8) is 0 Å². The maximum absolute atomic E-state index is 14.3. The Morgan fingerprint density at radius 3 is 2.76 bits per heavy atom. The molecule has 4 aliphatic heterocycles. The van der Waals surface area contributed by atoms with Crippen molar-refractivity contribution in [3.05, 3.63) is 48.6 Å². The number of rotatable bonds is 5. The van der Waals surface area contributed by atoms with Gasteiger partial charge in [0.2, 0.25) is 5.91 Å². The number of hydrogen-bond acceptors (Lipinski definition) is 8. The van der Waals surface area contributed by atoms with Crippen LogP contribution in [0.25, 0.3) is 11.0 Å². The first-order valence-corrected chi connectivity index (χ1v) is 12.6. The minimum absolute atomic E-state index is 0.107. The molecule has 2 unspecified atom stereocenters. The average molecular weight is 508 g/mol. The van der Waals surface area contributed by atoms with Crippen molar-refractivity contribution in [2.75, 3.05) is 19.8 Å². The van der Waals surface area contributed by atoms with Crippen LogP contribution in [0.4, 0.5) is 0 Å². The lowest BCUT2D eigenvalue weighted by Gasteiger charge is -2.39. The van der Waals surface area contributed by atoms with Gasteiger partial charge in [-0.3, -0.25) is 14.4 Å². The third-order valence-electron chi connectivity index (χ3n) is 7.97. The van der Waals surface area contributed by atoms with Crippen LogP contribution in [0.2, 0.25) is 0 Å². The first-order valence-electron chi connectivity index (χ1n) is 12.6. The average Bonchev–Trinajstić information content (AvgIpc) is 3.42. The van der Waals surface area contributed by atoms with Gasteiger partial charge in [0.25, 0.3) is 5.91 Å². The highest BCUT2D eigenvalue weighted by molar-refractivity contribution is 5.99. The third kappa shape index (κ3) is 3.44. The number of carbonyl (C=O) groups excluding carboxylic acids is 3. The number of amides is 2. The molecule has 5 heterocycles. The predicted octanol–water partition coefficient (Wildman–Crippen LogP) is 0.498. The standard InChI is InChI=1S/C26H29N5O6/c1-15(2)18(13-32)31-22-24(34)29(14-30-17-8-4-3-7-16(17)27-28-30)11-6-10-26(22)21(23(31)33)20-19(37-26)9-5-12-36-25(20)35/h3-10,15,18-22,32H,11-14H2,1-2H3/t18?,19-,20+,21+,22-,26?/m1/s1. The van der Waals surface area contributed by atoms with Crippen LogP contribution in [0.3, 0.4) is 0 Å². The summed E-state index contributed by atoms with van der Waals surface area (Å²) in [7, 11) is 0. The second-order valence-electron chi connectivity index (χ2n) is 10.3. The van der Waals surface area contributed by atoms with Gasteiger partial charge in [0.1, 0.15) is 36.4 Å². The highest BCUT2D eigenvalue weighted by Gasteiger charge is 2.72. The highest BCUT2D eigenvalue weighted by atomic mass is 16.6. The molecule has 0 aliphatic carbocycles. The van der Waals surface area contributed by atoms with Crippen molar-refractivity contribution in [2.45, 2.75) is 44.3 Å². The molecule has 0 saturated carbocycles. The van der Waals surface area contributed by atoms with E-state index < -0.39 is 41.6 Å². The van der Waals surface area contributed by atoms with E-state index in [1.54, 1.807) is 27.8 Å². The lowest BCUT2D eigenvalue weighted by Crippen LogP contribution is -2.59. The maximum atomic E-state index is 14.3. The van der Waals surface area contributed by atoms with Crippen molar-refractivity contribution in [1.82, 2.24) is 24.8 Å². The summed E-state index contributed by atoms with van der Waals surface area (Å²) in [5, 5.41) is 18.7. The molecule has 6 atom stereocenters. The number of fused-ring (bicyclic) bond motifs is 3. The van der Waals surface area contributed by atoms with Crippen LogP contribution in [0.15, 0.2) is 48.6 Å². The zero-order valence-electron chi connectivity index (χ0n) is 20.6. The van der Waals surface area contributed by atoms with Gasteiger partial charge in [-0.25, -0.2) is 4.68 Å². The molecule has 2 amide bonds. The van der Waals surface area contributed by atoms with E-state index in [4.69, 9.17) is 9.47 Å². The summed E-state index contributed by atoms with van der Waals surface area (Å²) in [6.07, 6.45) is 6.33. The number of nitrogens with zero attached hydrogens (tertiary/aromatic N) is 5. The smallest absolute Gasteiger partial charge is 0.313 e. The van der Waals surface area contributed by atoms with E-state index in [2.05, 4.69) is 10.3 Å². The van der Waals surface area contributed by atoms with Crippen molar-refractivity contribution in [2.24, 2.45) is 17.8 Å². The fourth-order valence-corrected chi connectivity index (χ4v) is 6.24. The van der Waals surface area contributed by atoms with Crippen LogP contribution in [-0.4, -0.2) is 91.2 Å². The van der Waals surface area contributed by atoms with Gasteiger partial charge < -0.3 is 24.4 Å². The lowest BCUT2D eigenvalue weighted by molar-refractivity contribution is -0.156. The first-order chi connectivity index (χ1) is 17.9. The number of esters is 1. The number of aromatic nitrogens is 3. The zero-order valence-corrected chi connectivity index (χ0v) is 20.6. The van der Waals surface area contributed by atoms with E-state index in [0.29, 0.717) is 5.52 Å². The molecular weight excluding hydrogens is 478 g/mol. The van der Waals surface area contributed by atoms with Crippen molar-refractivity contribution in [3.8, 4) is 0 Å². The van der Waals surface area contributed by atoms with E-state index >= 15 is 0 Å². The predicted molar refractivity (Wildman–Crippen MR) is 129 cm³/mol. The molecule has 1 aromatic heterocycles. The Bertz CT molecular complexity index is 1320. The Hall–Kier alpha value is -3.57. The fraction of sp³-hybridized carbons (Fsp3) is 0.500. The van der Waals surface area contributed by atoms with E-state index in [0.717, 1.165) is 5.52 Å². The Balaban J connectivity index is 1.44. The number of cyclic esters (lactones) is 1. The summed E-state index contributed by atoms with van der Waals surface area (Å²) in [5.74, 6) is -3.22. The molecular formula is C26H29N5O6. The summed E-state index contributed by atoms with van der Waals surface area (Å²) in [5.41, 5.74) is 0.114. The number of aliphatic hydroxyl groups is 1. The SMILES string of the molecule is CC(C)C(CO)N1C(=O)[C@@H]2[C@H]3C(=O)OCC=C[C@H]3OC23C=CCN(Cn2nnc4ccccc42)C(=O)[C@@H]13. The Morgan fingerprint density at radius 1 is 1.16 bits per heavy atom. The molecule has 11 nitrogen and oxygen atoms in total. The van der Waals surface area contributed by atoms with Gasteiger partial charge in [-0.05, 0) is 24.1 Å². The van der Waals surface area contributed by atoms with Gasteiger partial charge in [0.05, 0.1) is 30.2 Å². The number of likely N-dealkylation sites (tertiary alicyclic amines) is 1. The Kier molecular flexibility index (Phi) is 5.64. The second kappa shape index (κ2) is 8.77. The number of ether oxygens (including phenoxy) is 2. The molecule has 2 fully saturated rings. The molecule has 0 radical (unpaired) electrons. The molecule has 1 spiro atoms. The van der Waals surface area contributed by atoms with Crippen molar-refractivity contribution in [1.29, 1.82) is 0 Å². The maximum Gasteiger partial charge on any atom is 0.313 e. The van der Waals surface area contributed by atoms with E-state index in [-0.39, 0.29) is 44.2 Å². The molecule has 4 aliphatic rings. The first kappa shape index (κ1) is 23.8. The van der Waals surface area contributed by atoms with E-state index in [1.807, 2.05) is 44.2 Å². The van der Waals surface area contributed by atoms with Crippen LogP contribution in [0.1, 0.15) is 13.8 Å². The van der Waals surface area contributed by atoms with Crippen LogP contribution in [-0.2, 0) is 30.5 Å². The minimum Gasteiger partial charge on any atom is -0.461 e. The van der Waals surface area contributed by atoms with Crippen LogP contribution in [0, 0.1) is 17.8 Å². The van der Waals surface area contributed by atoms with Gasteiger partial charge >= 0.3 is 5.97 Å². The zero-order chi connectivity index (χ0) is 25.9. The quantitative estimate of drug-likeness (QED) is 0.458. The van der Waals surface area contributed by atoms with Gasteiger partial charge in [-0.2, -0.15) is 0 Å². The summed E-state index contributed by atoms with van der Waals surface area (Å²) < 4.78 is 13.5. The molecule has 2 saturated heterocycles. The topological polar surface area (TPSA) is 127 Å². The summed E-state index contributed by atoms with van der Waals surface area (Å²) >= 11 is 0. The van der Waals surface area contributed by atoms with Crippen LogP contribution >= 0.6 is 0 Å². The second-order valence-corrected chi connectivity index (χ2v) is 10.3. The van der Waals surface area contributed by atoms with Gasteiger partial charge in [0, 0.05) is 6.54 Å². The third-order valence-corrected chi connectivity index (χ3v) is 7.97. The Morgan fingerprint density at radius 2 is 1.97 bits per heavy atom. The molecule has 11 heteroatoms. The number of benzene rings is 1. The van der Waals surface area contributed by atoms with Crippen LogP contribution < -0.4 is 0 Å². The largest absolute Gasteiger partial charge is 0.461 e. The molecule has 0 bridgehead atoms. The molecule has 2 aromatic rings. The van der Waals surface area contributed by atoms with Gasteiger partial charge in [-0.1, -0.05) is 49.4 Å². The van der Waals surface area contributed by atoms with Gasteiger partial charge in [0.15, 0.2) is 0 Å². The summed E-state index contributed by atoms with van der Waals surface area (Å²) in [6.45, 7) is 3.92. The molecule has 6 rings (SSSR count). The van der Waals surface area contributed by atoms with E-state index in [9.17, 15) is 19.5 Å². The van der Waals surface area contributed by atoms with E-state index in [1.165, 1.54) is 4.90 Å². The molecule has 1 aromatic carbocycles. The fourth-order valence-electron chi connectivity index (χ4n) is 6.24. The highest BCUT2D eigenvalue weighted by Crippen LogP contribution is 2.54. The number of para-hydroxylation sites is 1. The number of carbonyl (C=O) groups is 3. The normalized spacial score (nSPS) is 31.8. The molecule has 37 heavy (non-hydrogen) atoms. The molecule has 194 valence electrons. The summed E-state index contributed by atoms with van der Waals surface area (Å²) in [4.78, 5) is 44.5. The number of hydrogen-bond donors (Lipinski definition) is 1. The van der Waals surface area contributed by atoms with Crippen LogP contribution in [0.5, 0.6) is 0 Å². The Labute approximate surface area is 213 Å². The minimum atomic E-state index is -1.37. The summed E-state index contributed by atoms with van der Waals surface area (Å²) in [6, 6.07) is 5.77. The van der Waals surface area contributed by atoms with Crippen molar-refractivity contribution < 1.29 is 29.0 Å². The van der Waals surface area contributed by atoms with Gasteiger partial charge in [-0.15, -0.1) is 5.10 Å². The molecule has 1 N–H and O–H groups in total. The number of aliphatic hydroxyl groups excluding tert-OH is 1. The monoisotopic (exact) mass is 507 g/mol. The lowest BCUT2D eigenvalue weighted by atomic mass is 9.78. The van der Waals surface area contributed by atoms with Crippen molar-refractivity contribution >= 4 is 28.8 Å².